The number of nitrogens with zero attached hydrogens (tertiary/aromatic N) is 2. The minimum absolute atomic E-state index is 0.0413. The Morgan fingerprint density at radius 1 is 1.14 bits per heavy atom. The van der Waals surface area contributed by atoms with E-state index >= 15 is 0 Å². The molecule has 0 heterocycles. The van der Waals surface area contributed by atoms with Crippen molar-refractivity contribution >= 4 is 27.3 Å². The van der Waals surface area contributed by atoms with Gasteiger partial charge in [-0.05, 0) is 35.6 Å². The first-order valence-corrected chi connectivity index (χ1v) is 13.0. The van der Waals surface area contributed by atoms with E-state index in [4.69, 9.17) is 9.47 Å². The highest BCUT2D eigenvalue weighted by atomic mass is 32.2. The Morgan fingerprint density at radius 2 is 1.80 bits per heavy atom. The molecule has 10 nitrogen and oxygen atoms in total. The molecular weight excluding hydrogens is 474 g/mol. The van der Waals surface area contributed by atoms with Crippen LogP contribution in [0.5, 0.6) is 11.5 Å². The van der Waals surface area contributed by atoms with E-state index in [1.165, 1.54) is 24.8 Å². The summed E-state index contributed by atoms with van der Waals surface area (Å²) in [6, 6.07) is 11.5. The maximum atomic E-state index is 12.4. The number of methoxy groups -OCH3 is 1. The van der Waals surface area contributed by atoms with Crippen molar-refractivity contribution in [1.29, 1.82) is 0 Å². The van der Waals surface area contributed by atoms with Gasteiger partial charge >= 0.3 is 0 Å². The van der Waals surface area contributed by atoms with Gasteiger partial charge in [0, 0.05) is 25.1 Å². The third-order valence-electron chi connectivity index (χ3n) is 5.22. The lowest BCUT2D eigenvalue weighted by molar-refractivity contribution is -0.384. The summed E-state index contributed by atoms with van der Waals surface area (Å²) in [6.07, 6.45) is 1.28. The van der Waals surface area contributed by atoms with Crippen LogP contribution in [0.4, 0.5) is 11.4 Å². The number of ether oxygens (including phenoxy) is 2. The molecule has 0 spiro atoms. The zero-order chi connectivity index (χ0) is 26.2. The summed E-state index contributed by atoms with van der Waals surface area (Å²) < 4.78 is 36.6. The fourth-order valence-electron chi connectivity index (χ4n) is 3.33. The molecule has 1 amide bonds. The van der Waals surface area contributed by atoms with Gasteiger partial charge < -0.3 is 14.8 Å². The average molecular weight is 508 g/mol. The highest BCUT2D eigenvalue weighted by Crippen LogP contribution is 2.34. The lowest BCUT2D eigenvalue weighted by atomic mass is 9.87. The molecule has 0 aliphatic heterocycles. The quantitative estimate of drug-likeness (QED) is 0.264. The maximum absolute atomic E-state index is 12.4. The van der Waals surface area contributed by atoms with Crippen LogP contribution in [-0.2, 0) is 20.2 Å². The van der Waals surface area contributed by atoms with Crippen molar-refractivity contribution in [1.82, 2.24) is 5.32 Å². The van der Waals surface area contributed by atoms with Crippen LogP contribution in [0, 0.1) is 10.1 Å². The van der Waals surface area contributed by atoms with Crippen LogP contribution in [0.3, 0.4) is 0 Å². The van der Waals surface area contributed by atoms with Gasteiger partial charge in [-0.15, -0.1) is 0 Å². The fourth-order valence-corrected chi connectivity index (χ4v) is 4.29. The molecule has 0 aromatic heterocycles. The number of nitro benzene ring substituents is 1. The average Bonchev–Trinajstić information content (AvgIpc) is 2.78. The topological polar surface area (TPSA) is 128 Å². The molecule has 11 heteroatoms. The summed E-state index contributed by atoms with van der Waals surface area (Å²) >= 11 is 0. The maximum Gasteiger partial charge on any atom is 0.271 e. The minimum Gasteiger partial charge on any atom is -0.495 e. The van der Waals surface area contributed by atoms with Gasteiger partial charge in [0.1, 0.15) is 23.8 Å². The number of rotatable bonds is 12. The first-order valence-electron chi connectivity index (χ1n) is 11.1. The molecule has 0 aliphatic carbocycles. The highest BCUT2D eigenvalue weighted by Gasteiger charge is 2.24. The number of benzene rings is 2. The Bertz CT molecular complexity index is 1130. The lowest BCUT2D eigenvalue weighted by Crippen LogP contribution is -2.33. The normalized spacial score (nSPS) is 11.6. The summed E-state index contributed by atoms with van der Waals surface area (Å²) in [6.45, 7) is 6.95. The Kier molecular flexibility index (Phi) is 9.47. The molecule has 35 heavy (non-hydrogen) atoms. The van der Waals surface area contributed by atoms with Crippen LogP contribution in [0.15, 0.2) is 42.5 Å². The molecule has 0 fully saturated rings. The summed E-state index contributed by atoms with van der Waals surface area (Å²) in [4.78, 5) is 22.7. The molecule has 192 valence electrons. The molecule has 2 rings (SSSR count). The van der Waals surface area contributed by atoms with Gasteiger partial charge in [-0.25, -0.2) is 8.42 Å². The van der Waals surface area contributed by atoms with Gasteiger partial charge in [0.15, 0.2) is 0 Å². The highest BCUT2D eigenvalue weighted by molar-refractivity contribution is 7.92. The van der Waals surface area contributed by atoms with E-state index in [0.717, 1.165) is 16.6 Å². The van der Waals surface area contributed by atoms with Crippen molar-refractivity contribution in [2.75, 3.05) is 37.4 Å². The summed E-state index contributed by atoms with van der Waals surface area (Å²) in [5, 5.41) is 13.9. The molecule has 0 radical (unpaired) electrons. The second-order valence-electron chi connectivity index (χ2n) is 9.02. The van der Waals surface area contributed by atoms with Crippen molar-refractivity contribution in [3.8, 4) is 11.5 Å². The van der Waals surface area contributed by atoms with Crippen LogP contribution in [0.2, 0.25) is 0 Å². The number of nitro groups is 1. The molecule has 0 saturated carbocycles. The second-order valence-corrected chi connectivity index (χ2v) is 10.9. The SMILES string of the molecule is COc1ccc([N+](=O)[O-])cc1N(CCCC(=O)NCCOc1ccc(C(C)(C)C)cc1)S(C)(=O)=O. The number of amides is 1. The van der Waals surface area contributed by atoms with Gasteiger partial charge in [0.05, 0.1) is 24.8 Å². The van der Waals surface area contributed by atoms with Gasteiger partial charge in [0.2, 0.25) is 15.9 Å². The van der Waals surface area contributed by atoms with E-state index < -0.39 is 14.9 Å². The van der Waals surface area contributed by atoms with Gasteiger partial charge in [-0.2, -0.15) is 0 Å². The van der Waals surface area contributed by atoms with Crippen molar-refractivity contribution < 1.29 is 27.6 Å². The molecule has 0 unspecified atom stereocenters. The fraction of sp³-hybridized carbons (Fsp3) is 0.458. The Morgan fingerprint density at radius 3 is 2.34 bits per heavy atom. The number of anilines is 1. The molecule has 0 aliphatic rings. The van der Waals surface area contributed by atoms with E-state index in [9.17, 15) is 23.3 Å². The smallest absolute Gasteiger partial charge is 0.271 e. The molecule has 2 aromatic rings. The zero-order valence-electron chi connectivity index (χ0n) is 20.7. The number of carbonyl (C=O) groups excluding carboxylic acids is 1. The van der Waals surface area contributed by atoms with Crippen LogP contribution in [0.1, 0.15) is 39.2 Å². The van der Waals surface area contributed by atoms with Crippen molar-refractivity contribution in [3.63, 3.8) is 0 Å². The zero-order valence-corrected chi connectivity index (χ0v) is 21.6. The Balaban J connectivity index is 1.87. The molecule has 1 N–H and O–H groups in total. The Hall–Kier alpha value is -3.34. The predicted octanol–water partition coefficient (Wildman–Crippen LogP) is 3.64. The number of non-ortho nitro benzene ring substituents is 1. The van der Waals surface area contributed by atoms with Crippen molar-refractivity contribution in [2.45, 2.75) is 39.0 Å². The number of hydrogen-bond acceptors (Lipinski definition) is 7. The Labute approximate surface area is 206 Å². The number of sulfonamides is 1. The molecule has 0 atom stereocenters. The number of nitrogens with one attached hydrogen (secondary N) is 1. The van der Waals surface area contributed by atoms with Crippen LogP contribution in [-0.4, -0.2) is 52.3 Å². The van der Waals surface area contributed by atoms with E-state index in [1.807, 2.05) is 24.3 Å². The molecular formula is C24H33N3O7S. The third kappa shape index (κ3) is 8.43. The number of hydrogen-bond donors (Lipinski definition) is 1. The van der Waals surface area contributed by atoms with Gasteiger partial charge in [-0.1, -0.05) is 32.9 Å². The standard InChI is InChI=1S/C24H33N3O7S/c1-24(2,3)18-8-11-20(12-9-18)34-16-14-25-23(28)7-6-15-26(35(5,31)32)21-17-19(27(29)30)10-13-22(21)33-4/h8-13,17H,6-7,14-16H2,1-5H3,(H,25,28). The monoisotopic (exact) mass is 507 g/mol. The predicted molar refractivity (Wildman–Crippen MR) is 135 cm³/mol. The van der Waals surface area contributed by atoms with Crippen molar-refractivity contribution in [3.05, 3.63) is 58.1 Å². The summed E-state index contributed by atoms with van der Waals surface area (Å²) in [7, 11) is -2.43. The molecule has 0 saturated heterocycles. The largest absolute Gasteiger partial charge is 0.495 e. The summed E-state index contributed by atoms with van der Waals surface area (Å²) in [5.41, 5.74) is 1.04. The van der Waals surface area contributed by atoms with E-state index in [0.29, 0.717) is 18.9 Å². The lowest BCUT2D eigenvalue weighted by Gasteiger charge is -2.24. The van der Waals surface area contributed by atoms with E-state index in [2.05, 4.69) is 26.1 Å². The summed E-state index contributed by atoms with van der Waals surface area (Å²) in [5.74, 6) is 0.635. The number of carbonyl (C=O) groups is 1. The molecule has 0 bridgehead atoms. The van der Waals surface area contributed by atoms with Crippen LogP contribution in [0.25, 0.3) is 0 Å². The molecule has 2 aromatic carbocycles. The first kappa shape index (κ1) is 27.9. The van der Waals surface area contributed by atoms with Crippen LogP contribution < -0.4 is 19.1 Å². The third-order valence-corrected chi connectivity index (χ3v) is 6.40. The first-order chi connectivity index (χ1) is 16.3. The minimum atomic E-state index is -3.78. The van der Waals surface area contributed by atoms with Gasteiger partial charge in [-0.3, -0.25) is 19.2 Å². The van der Waals surface area contributed by atoms with Gasteiger partial charge in [0.25, 0.3) is 5.69 Å². The van der Waals surface area contributed by atoms with E-state index in [-0.39, 0.29) is 47.8 Å². The van der Waals surface area contributed by atoms with Crippen molar-refractivity contribution in [2.24, 2.45) is 0 Å². The van der Waals surface area contributed by atoms with E-state index in [1.54, 1.807) is 0 Å². The second kappa shape index (κ2) is 11.9. The van der Waals surface area contributed by atoms with Crippen LogP contribution >= 0.6 is 0 Å².